The minimum Gasteiger partial charge on any atom is -0.392 e. The summed E-state index contributed by atoms with van der Waals surface area (Å²) in [4.78, 5) is 0. The van der Waals surface area contributed by atoms with Crippen LogP contribution >= 0.6 is 41.7 Å². The number of hydroxylamine groups is 1. The summed E-state index contributed by atoms with van der Waals surface area (Å²) in [5, 5.41) is 9.35. The molecule has 8 heteroatoms. The Morgan fingerprint density at radius 3 is 2.90 bits per heavy atom. The van der Waals surface area contributed by atoms with Crippen LogP contribution in [0.4, 0.5) is 5.69 Å². The van der Waals surface area contributed by atoms with E-state index in [1.54, 1.807) is 0 Å². The minimum absolute atomic E-state index is 0. The fourth-order valence-corrected chi connectivity index (χ4v) is 3.04. The molecule has 20 heavy (non-hydrogen) atoms. The highest BCUT2D eigenvalue weighted by Crippen LogP contribution is 2.30. The number of rotatable bonds is 6. The van der Waals surface area contributed by atoms with E-state index in [1.165, 1.54) is 0 Å². The van der Waals surface area contributed by atoms with Crippen LogP contribution in [0, 0.1) is 0 Å². The van der Waals surface area contributed by atoms with Crippen LogP contribution < -0.4 is 9.79 Å². The van der Waals surface area contributed by atoms with Gasteiger partial charge in [0.25, 0.3) is 0 Å². The molecule has 0 aliphatic carbocycles. The quantitative estimate of drug-likeness (QED) is 0.448. The van der Waals surface area contributed by atoms with Crippen molar-refractivity contribution in [2.45, 2.75) is 18.6 Å². The van der Waals surface area contributed by atoms with E-state index in [2.05, 4.69) is 21.4 Å². The normalized spacial score (nSPS) is 21.6. The first-order chi connectivity index (χ1) is 9.17. The van der Waals surface area contributed by atoms with E-state index in [0.29, 0.717) is 6.61 Å². The number of anilines is 1. The van der Waals surface area contributed by atoms with Crippen molar-refractivity contribution >= 4 is 47.3 Å². The molecule has 1 aliphatic rings. The Morgan fingerprint density at radius 2 is 2.30 bits per heavy atom. The van der Waals surface area contributed by atoms with Crippen molar-refractivity contribution in [2.24, 2.45) is 0 Å². The molecule has 1 aliphatic heterocycles. The van der Waals surface area contributed by atoms with Crippen LogP contribution in [0.5, 0.6) is 0 Å². The van der Waals surface area contributed by atoms with Gasteiger partial charge in [0.2, 0.25) is 0 Å². The average molecular weight is 383 g/mol. The third kappa shape index (κ3) is 4.52. The smallest absolute Gasteiger partial charge is 0.165 e. The highest BCUT2D eigenvalue weighted by Gasteiger charge is 2.35. The molecular formula is C12H19BrN2O3S2. The number of para-hydroxylation sites is 1. The fraction of sp³-hybridized carbons (Fsp3) is 0.500. The minimum atomic E-state index is -0.762. The molecule has 0 saturated carbocycles. The number of benzene rings is 1. The van der Waals surface area contributed by atoms with Gasteiger partial charge in [-0.3, -0.25) is 4.31 Å². The first-order valence-electron chi connectivity index (χ1n) is 6.01. The number of nitrogens with zero attached hydrogens (tertiary/aromatic N) is 1. The van der Waals surface area contributed by atoms with Crippen molar-refractivity contribution in [3.05, 3.63) is 28.7 Å². The molecule has 1 heterocycles. The first-order valence-corrected chi connectivity index (χ1v) is 7.50. The number of nitrogens with one attached hydrogen (secondary N) is 1. The molecule has 0 aromatic heterocycles. The summed E-state index contributed by atoms with van der Waals surface area (Å²) < 4.78 is 13.7. The van der Waals surface area contributed by atoms with E-state index < -0.39 is 5.72 Å². The van der Waals surface area contributed by atoms with Crippen LogP contribution in [0.1, 0.15) is 12.8 Å². The van der Waals surface area contributed by atoms with Crippen molar-refractivity contribution in [1.29, 1.82) is 0 Å². The van der Waals surface area contributed by atoms with Crippen LogP contribution in [0.2, 0.25) is 0 Å². The van der Waals surface area contributed by atoms with Crippen molar-refractivity contribution in [3.8, 4) is 0 Å². The molecule has 1 fully saturated rings. The third-order valence-electron chi connectivity index (χ3n) is 2.93. The van der Waals surface area contributed by atoms with Crippen LogP contribution in [0.15, 0.2) is 28.7 Å². The number of hydrogen-bond acceptors (Lipinski definition) is 6. The number of aliphatic hydroxyl groups excluding tert-OH is 1. The predicted molar refractivity (Wildman–Crippen MR) is 89.7 cm³/mol. The average Bonchev–Trinajstić information content (AvgIpc) is 2.88. The molecule has 1 atom stereocenters. The molecule has 2 rings (SSSR count). The van der Waals surface area contributed by atoms with E-state index in [0.717, 1.165) is 35.2 Å². The summed E-state index contributed by atoms with van der Waals surface area (Å²) in [6, 6.07) is 7.86. The van der Waals surface area contributed by atoms with Gasteiger partial charge in [0.1, 0.15) is 12.2 Å². The lowest BCUT2D eigenvalue weighted by Gasteiger charge is -2.27. The first kappa shape index (κ1) is 18.1. The number of hydrogen-bond donors (Lipinski definition) is 2. The molecule has 114 valence electrons. The molecule has 1 saturated heterocycles. The maximum absolute atomic E-state index is 9.35. The molecule has 5 nitrogen and oxygen atoms in total. The summed E-state index contributed by atoms with van der Waals surface area (Å²) in [5.41, 5.74) is 3.04. The van der Waals surface area contributed by atoms with Crippen LogP contribution in [-0.2, 0) is 9.02 Å². The molecule has 1 unspecified atom stereocenters. The monoisotopic (exact) mass is 382 g/mol. The lowest BCUT2D eigenvalue weighted by Crippen LogP contribution is -2.47. The third-order valence-corrected chi connectivity index (χ3v) is 4.18. The van der Waals surface area contributed by atoms with E-state index >= 15 is 0 Å². The van der Waals surface area contributed by atoms with Gasteiger partial charge in [-0.1, -0.05) is 12.1 Å². The highest BCUT2D eigenvalue weighted by atomic mass is 79.9. The zero-order valence-electron chi connectivity index (χ0n) is 11.1. The topological polar surface area (TPSA) is 54.0 Å². The maximum Gasteiger partial charge on any atom is 0.165 e. The lowest BCUT2D eigenvalue weighted by atomic mass is 10.2. The summed E-state index contributed by atoms with van der Waals surface area (Å²) in [5.74, 6) is 0. The van der Waals surface area contributed by atoms with Gasteiger partial charge in [-0.15, -0.1) is 0 Å². The molecule has 0 bridgehead atoms. The largest absolute Gasteiger partial charge is 0.392 e. The molecule has 2 N–H and O–H groups in total. The molecule has 1 aromatic carbocycles. The van der Waals surface area contributed by atoms with Gasteiger partial charge in [0, 0.05) is 18.1 Å². The van der Waals surface area contributed by atoms with Crippen LogP contribution in [0.25, 0.3) is 0 Å². The summed E-state index contributed by atoms with van der Waals surface area (Å²) in [6.45, 7) is 0.536. The SMILES string of the molecule is CN(SONC1(CO)CCCO1)c1ccccc1Br.S. The Hall–Kier alpha value is 0.0400. The lowest BCUT2D eigenvalue weighted by molar-refractivity contribution is -0.116. The highest BCUT2D eigenvalue weighted by molar-refractivity contribution is 9.10. The zero-order chi connectivity index (χ0) is 13.7. The van der Waals surface area contributed by atoms with Crippen LogP contribution in [-0.4, -0.2) is 31.1 Å². The van der Waals surface area contributed by atoms with Gasteiger partial charge < -0.3 is 9.84 Å². The number of aliphatic hydroxyl groups is 1. The van der Waals surface area contributed by atoms with E-state index in [1.807, 2.05) is 35.6 Å². The van der Waals surface area contributed by atoms with E-state index in [4.69, 9.17) is 9.02 Å². The molecule has 1 aromatic rings. The Bertz CT molecular complexity index is 419. The zero-order valence-corrected chi connectivity index (χ0v) is 14.5. The molecule has 0 radical (unpaired) electrons. The Balaban J connectivity index is 0.00000200. The van der Waals surface area contributed by atoms with Gasteiger partial charge in [-0.2, -0.15) is 19.0 Å². The summed E-state index contributed by atoms with van der Waals surface area (Å²) in [6.07, 6.45) is 1.66. The second-order valence-electron chi connectivity index (χ2n) is 4.31. The van der Waals surface area contributed by atoms with Gasteiger partial charge in [0.05, 0.1) is 12.3 Å². The fourth-order valence-electron chi connectivity index (χ4n) is 1.83. The van der Waals surface area contributed by atoms with Gasteiger partial charge in [0.15, 0.2) is 5.72 Å². The van der Waals surface area contributed by atoms with E-state index in [9.17, 15) is 5.11 Å². The number of ether oxygens (including phenoxy) is 1. The van der Waals surface area contributed by atoms with Crippen molar-refractivity contribution < 1.29 is 14.1 Å². The second-order valence-corrected chi connectivity index (χ2v) is 6.03. The summed E-state index contributed by atoms with van der Waals surface area (Å²) in [7, 11) is 1.90. The summed E-state index contributed by atoms with van der Waals surface area (Å²) >= 11 is 4.63. The standard InChI is InChI=1S/C12H17BrN2O3S.H2S/c1-15(11-6-3-2-5-10(11)13)19-18-14-12(9-16)7-4-8-17-12;/h2-3,5-6,14,16H,4,7-9H2,1H3;1H2. The van der Waals surface area contributed by atoms with E-state index in [-0.39, 0.29) is 20.1 Å². The molecule has 0 spiro atoms. The van der Waals surface area contributed by atoms with Gasteiger partial charge in [-0.05, 0) is 40.9 Å². The van der Waals surface area contributed by atoms with Crippen molar-refractivity contribution in [3.63, 3.8) is 0 Å². The Morgan fingerprint density at radius 1 is 1.55 bits per heavy atom. The predicted octanol–water partition coefficient (Wildman–Crippen LogP) is 2.58. The van der Waals surface area contributed by atoms with Gasteiger partial charge in [-0.25, -0.2) is 4.28 Å². The van der Waals surface area contributed by atoms with Gasteiger partial charge >= 0.3 is 0 Å². The Kier molecular flexibility index (Phi) is 7.67. The molecular weight excluding hydrogens is 364 g/mol. The number of halogens is 1. The maximum atomic E-state index is 9.35. The Labute approximate surface area is 138 Å². The van der Waals surface area contributed by atoms with Crippen molar-refractivity contribution in [2.75, 3.05) is 24.6 Å². The van der Waals surface area contributed by atoms with Crippen LogP contribution in [0.3, 0.4) is 0 Å². The molecule has 0 amide bonds. The second kappa shape index (κ2) is 8.47. The van der Waals surface area contributed by atoms with Crippen molar-refractivity contribution in [1.82, 2.24) is 5.48 Å².